The fourth-order valence-corrected chi connectivity index (χ4v) is 2.64. The monoisotopic (exact) mass is 343 g/mol. The van der Waals surface area contributed by atoms with Gasteiger partial charge in [0.05, 0.1) is 15.8 Å². The Morgan fingerprint density at radius 1 is 1.41 bits per heavy atom. The average molecular weight is 344 g/mol. The molecule has 1 aliphatic heterocycles. The van der Waals surface area contributed by atoms with Crippen molar-refractivity contribution in [1.82, 2.24) is 10.6 Å². The number of rotatable bonds is 6. The molecule has 0 bridgehead atoms. The molecule has 120 valence electrons. The molecule has 1 heterocycles. The second kappa shape index (κ2) is 8.36. The summed E-state index contributed by atoms with van der Waals surface area (Å²) in [6.45, 7) is 1.78. The van der Waals surface area contributed by atoms with E-state index in [1.165, 1.54) is 7.11 Å². The summed E-state index contributed by atoms with van der Waals surface area (Å²) >= 11 is 11.9. The maximum absolute atomic E-state index is 12.0. The standard InChI is InChI=1S/C15H19Cl2N3O2/c1-22-20-14(10-2-3-12(16)13(17)8-10)4-5-15(21)19-11-6-7-18-9-11/h2-3,8,11,18H,4-7,9H2,1H3,(H,19,21). The zero-order valence-electron chi connectivity index (χ0n) is 12.4. The normalized spacial score (nSPS) is 18.3. The van der Waals surface area contributed by atoms with Gasteiger partial charge in [-0.15, -0.1) is 0 Å². The number of amides is 1. The van der Waals surface area contributed by atoms with E-state index in [-0.39, 0.29) is 11.9 Å². The van der Waals surface area contributed by atoms with E-state index in [1.54, 1.807) is 12.1 Å². The van der Waals surface area contributed by atoms with Gasteiger partial charge in [-0.3, -0.25) is 4.79 Å². The zero-order valence-corrected chi connectivity index (χ0v) is 13.9. The van der Waals surface area contributed by atoms with E-state index < -0.39 is 0 Å². The largest absolute Gasteiger partial charge is 0.399 e. The van der Waals surface area contributed by atoms with Crippen LogP contribution in [0, 0.1) is 0 Å². The molecule has 2 N–H and O–H groups in total. The van der Waals surface area contributed by atoms with E-state index >= 15 is 0 Å². The minimum atomic E-state index is 0.0116. The Hall–Kier alpha value is -1.30. The molecule has 1 aliphatic rings. The Labute approximate surface area is 140 Å². The number of oxime groups is 1. The van der Waals surface area contributed by atoms with Crippen LogP contribution in [-0.2, 0) is 9.63 Å². The summed E-state index contributed by atoms with van der Waals surface area (Å²) < 4.78 is 0. The molecule has 0 saturated carbocycles. The van der Waals surface area contributed by atoms with Crippen molar-refractivity contribution in [3.05, 3.63) is 33.8 Å². The molecule has 0 aromatic heterocycles. The Bertz CT molecular complexity index is 558. The minimum Gasteiger partial charge on any atom is -0.399 e. The third-order valence-electron chi connectivity index (χ3n) is 3.47. The molecule has 5 nitrogen and oxygen atoms in total. The van der Waals surface area contributed by atoms with Gasteiger partial charge in [-0.1, -0.05) is 34.4 Å². The van der Waals surface area contributed by atoms with Gasteiger partial charge in [0.15, 0.2) is 0 Å². The van der Waals surface area contributed by atoms with Crippen molar-refractivity contribution in [2.24, 2.45) is 5.16 Å². The van der Waals surface area contributed by atoms with Gasteiger partial charge in [0.1, 0.15) is 7.11 Å². The van der Waals surface area contributed by atoms with E-state index in [0.29, 0.717) is 28.6 Å². The highest BCUT2D eigenvalue weighted by molar-refractivity contribution is 6.42. The number of hydrogen-bond donors (Lipinski definition) is 2. The molecule has 0 radical (unpaired) electrons. The fourth-order valence-electron chi connectivity index (χ4n) is 2.34. The number of carbonyl (C=O) groups excluding carboxylic acids is 1. The van der Waals surface area contributed by atoms with Crippen LogP contribution >= 0.6 is 23.2 Å². The van der Waals surface area contributed by atoms with Crippen LogP contribution in [0.2, 0.25) is 10.0 Å². The molecule has 1 saturated heterocycles. The van der Waals surface area contributed by atoms with Crippen molar-refractivity contribution in [3.8, 4) is 0 Å². The van der Waals surface area contributed by atoms with E-state index in [0.717, 1.165) is 25.1 Å². The first-order valence-electron chi connectivity index (χ1n) is 7.15. The molecule has 1 unspecified atom stereocenters. The van der Waals surface area contributed by atoms with Crippen LogP contribution in [0.3, 0.4) is 0 Å². The Kier molecular flexibility index (Phi) is 6.49. The van der Waals surface area contributed by atoms with Gasteiger partial charge in [0.2, 0.25) is 5.91 Å². The first-order chi connectivity index (χ1) is 10.6. The lowest BCUT2D eigenvalue weighted by molar-refractivity contribution is -0.121. The number of carbonyl (C=O) groups is 1. The van der Waals surface area contributed by atoms with Gasteiger partial charge >= 0.3 is 0 Å². The summed E-state index contributed by atoms with van der Waals surface area (Å²) in [4.78, 5) is 16.8. The second-order valence-electron chi connectivity index (χ2n) is 5.11. The molecule has 0 spiro atoms. The lowest BCUT2D eigenvalue weighted by Crippen LogP contribution is -2.36. The summed E-state index contributed by atoms with van der Waals surface area (Å²) in [7, 11) is 1.47. The predicted molar refractivity (Wildman–Crippen MR) is 88.7 cm³/mol. The van der Waals surface area contributed by atoms with Crippen molar-refractivity contribution >= 4 is 34.8 Å². The molecule has 2 rings (SSSR count). The molecular weight excluding hydrogens is 325 g/mol. The first kappa shape index (κ1) is 17.1. The summed E-state index contributed by atoms with van der Waals surface area (Å²) in [5.41, 5.74) is 1.47. The van der Waals surface area contributed by atoms with Crippen LogP contribution in [0.5, 0.6) is 0 Å². The Morgan fingerprint density at radius 3 is 2.86 bits per heavy atom. The van der Waals surface area contributed by atoms with Crippen LogP contribution in [0.1, 0.15) is 24.8 Å². The van der Waals surface area contributed by atoms with E-state index in [1.807, 2.05) is 6.07 Å². The van der Waals surface area contributed by atoms with Crippen LogP contribution in [0.4, 0.5) is 0 Å². The van der Waals surface area contributed by atoms with Crippen LogP contribution in [0.15, 0.2) is 23.4 Å². The van der Waals surface area contributed by atoms with Crippen molar-refractivity contribution in [3.63, 3.8) is 0 Å². The lowest BCUT2D eigenvalue weighted by Gasteiger charge is -2.12. The van der Waals surface area contributed by atoms with Gasteiger partial charge in [0, 0.05) is 31.0 Å². The number of hydrogen-bond acceptors (Lipinski definition) is 4. The zero-order chi connectivity index (χ0) is 15.9. The van der Waals surface area contributed by atoms with E-state index in [2.05, 4.69) is 15.8 Å². The Balaban J connectivity index is 1.95. The van der Waals surface area contributed by atoms with Gasteiger partial charge < -0.3 is 15.5 Å². The van der Waals surface area contributed by atoms with Crippen LogP contribution in [-0.4, -0.2) is 37.9 Å². The lowest BCUT2D eigenvalue weighted by atomic mass is 10.1. The molecule has 1 aromatic rings. The third-order valence-corrected chi connectivity index (χ3v) is 4.21. The summed E-state index contributed by atoms with van der Waals surface area (Å²) in [5.74, 6) is 0.0116. The highest BCUT2D eigenvalue weighted by Crippen LogP contribution is 2.23. The quantitative estimate of drug-likeness (QED) is 0.616. The molecule has 1 atom stereocenters. The van der Waals surface area contributed by atoms with E-state index in [4.69, 9.17) is 28.0 Å². The summed E-state index contributed by atoms with van der Waals surface area (Å²) in [6, 6.07) is 5.46. The highest BCUT2D eigenvalue weighted by Gasteiger charge is 2.17. The fraction of sp³-hybridized carbons (Fsp3) is 0.467. The van der Waals surface area contributed by atoms with Gasteiger partial charge in [-0.25, -0.2) is 0 Å². The van der Waals surface area contributed by atoms with Crippen LogP contribution in [0.25, 0.3) is 0 Å². The molecule has 1 aromatic carbocycles. The number of benzene rings is 1. The highest BCUT2D eigenvalue weighted by atomic mass is 35.5. The van der Waals surface area contributed by atoms with Crippen molar-refractivity contribution in [2.45, 2.75) is 25.3 Å². The number of nitrogens with zero attached hydrogens (tertiary/aromatic N) is 1. The molecule has 1 amide bonds. The molecule has 7 heteroatoms. The predicted octanol–water partition coefficient (Wildman–Crippen LogP) is 2.60. The maximum atomic E-state index is 12.0. The second-order valence-corrected chi connectivity index (χ2v) is 5.92. The van der Waals surface area contributed by atoms with Crippen molar-refractivity contribution < 1.29 is 9.63 Å². The van der Waals surface area contributed by atoms with Gasteiger partial charge in [0.25, 0.3) is 0 Å². The first-order valence-corrected chi connectivity index (χ1v) is 7.91. The van der Waals surface area contributed by atoms with Crippen molar-refractivity contribution in [1.29, 1.82) is 0 Å². The maximum Gasteiger partial charge on any atom is 0.220 e. The molecule has 0 aliphatic carbocycles. The Morgan fingerprint density at radius 2 is 2.23 bits per heavy atom. The summed E-state index contributed by atoms with van der Waals surface area (Å²) in [5, 5.41) is 11.1. The smallest absolute Gasteiger partial charge is 0.220 e. The SMILES string of the molecule is CON=C(CCC(=O)NC1CCNC1)c1ccc(Cl)c(Cl)c1. The minimum absolute atomic E-state index is 0.0116. The number of halogens is 2. The average Bonchev–Trinajstić information content (AvgIpc) is 2.99. The number of nitrogens with one attached hydrogen (secondary N) is 2. The molecule has 1 fully saturated rings. The van der Waals surface area contributed by atoms with Crippen LogP contribution < -0.4 is 10.6 Å². The van der Waals surface area contributed by atoms with Crippen molar-refractivity contribution in [2.75, 3.05) is 20.2 Å². The third kappa shape index (κ3) is 4.87. The summed E-state index contributed by atoms with van der Waals surface area (Å²) in [6.07, 6.45) is 1.79. The van der Waals surface area contributed by atoms with E-state index in [9.17, 15) is 4.79 Å². The topological polar surface area (TPSA) is 62.7 Å². The molecule has 22 heavy (non-hydrogen) atoms. The molecular formula is C15H19Cl2N3O2. The van der Waals surface area contributed by atoms with Gasteiger partial charge in [-0.05, 0) is 25.1 Å². The van der Waals surface area contributed by atoms with Gasteiger partial charge in [-0.2, -0.15) is 0 Å².